The largest absolute Gasteiger partial charge is 0.330 e. The lowest BCUT2D eigenvalue weighted by molar-refractivity contribution is 0.377. The smallest absolute Gasteiger partial charge is 0.0961 e. The Hall–Kier alpha value is -1.65. The molecule has 1 aromatic heterocycles. The van der Waals surface area contributed by atoms with Crippen LogP contribution in [0.1, 0.15) is 62.8 Å². The van der Waals surface area contributed by atoms with Crippen LogP contribution in [0.3, 0.4) is 0 Å². The highest BCUT2D eigenvalue weighted by atomic mass is 15.3. The molecule has 0 saturated heterocycles. The van der Waals surface area contributed by atoms with Crippen molar-refractivity contribution in [3.8, 4) is 11.3 Å². The predicted molar refractivity (Wildman–Crippen MR) is 114 cm³/mol. The Morgan fingerprint density at radius 1 is 1.19 bits per heavy atom. The first kappa shape index (κ1) is 20.1. The lowest BCUT2D eigenvalue weighted by Gasteiger charge is -2.23. The molecular formula is C23H36N4. The zero-order valence-corrected chi connectivity index (χ0v) is 17.8. The zero-order valence-electron chi connectivity index (χ0n) is 17.8. The molecule has 148 valence electrons. The molecule has 1 heterocycles. The van der Waals surface area contributed by atoms with E-state index in [-0.39, 0.29) is 5.41 Å². The highest BCUT2D eigenvalue weighted by Gasteiger charge is 2.28. The molecule has 0 amide bonds. The average Bonchev–Trinajstić information content (AvgIpc) is 3.00. The minimum absolute atomic E-state index is 0.170. The van der Waals surface area contributed by atoms with Crippen LogP contribution in [0.25, 0.3) is 11.3 Å². The Morgan fingerprint density at radius 3 is 2.48 bits per heavy atom. The highest BCUT2D eigenvalue weighted by Crippen LogP contribution is 2.38. The van der Waals surface area contributed by atoms with E-state index in [1.54, 1.807) is 0 Å². The molecular weight excluding hydrogens is 332 g/mol. The lowest BCUT2D eigenvalue weighted by Crippen LogP contribution is -2.20. The summed E-state index contributed by atoms with van der Waals surface area (Å²) in [6.45, 7) is 9.56. The van der Waals surface area contributed by atoms with Gasteiger partial charge in [0.25, 0.3) is 0 Å². The van der Waals surface area contributed by atoms with Gasteiger partial charge in [0.05, 0.1) is 5.69 Å². The summed E-state index contributed by atoms with van der Waals surface area (Å²) < 4.78 is 2.27. The summed E-state index contributed by atoms with van der Waals surface area (Å²) in [5.41, 5.74) is 12.9. The molecule has 1 atom stereocenters. The number of nitrogens with zero attached hydrogens (tertiary/aromatic N) is 3. The van der Waals surface area contributed by atoms with Crippen LogP contribution in [-0.2, 0) is 18.4 Å². The molecule has 27 heavy (non-hydrogen) atoms. The van der Waals surface area contributed by atoms with Gasteiger partial charge in [0.2, 0.25) is 0 Å². The van der Waals surface area contributed by atoms with Crippen molar-refractivity contribution >= 4 is 0 Å². The number of fused-ring (bicyclic) bond motifs is 1. The molecule has 1 aliphatic carbocycles. The Bertz CT molecular complexity index is 750. The number of benzene rings is 1. The van der Waals surface area contributed by atoms with E-state index in [4.69, 9.17) is 10.8 Å². The molecule has 0 radical (unpaired) electrons. The minimum atomic E-state index is 0.170. The summed E-state index contributed by atoms with van der Waals surface area (Å²) in [7, 11) is 4.26. The molecule has 2 aromatic rings. The van der Waals surface area contributed by atoms with Crippen LogP contribution in [-0.4, -0.2) is 41.9 Å². The molecule has 0 fully saturated rings. The van der Waals surface area contributed by atoms with Gasteiger partial charge in [-0.25, -0.2) is 0 Å². The van der Waals surface area contributed by atoms with Crippen LogP contribution in [0.2, 0.25) is 0 Å². The van der Waals surface area contributed by atoms with Gasteiger partial charge in [-0.15, -0.1) is 0 Å². The zero-order chi connectivity index (χ0) is 19.6. The van der Waals surface area contributed by atoms with Crippen LogP contribution in [0.5, 0.6) is 0 Å². The standard InChI is InChI=1S/C23H36N4/c1-23(2,3)19-12-10-17(11-13-19)22-21-18(16-24)8-6-9-20(21)27(25-22)15-7-14-26(4)5/h10-13,18H,6-9,14-16,24H2,1-5H3. The normalized spacial score (nSPS) is 17.4. The molecule has 0 aliphatic heterocycles. The fourth-order valence-electron chi connectivity index (χ4n) is 4.16. The van der Waals surface area contributed by atoms with Crippen LogP contribution in [0.15, 0.2) is 24.3 Å². The maximum atomic E-state index is 6.15. The number of aromatic nitrogens is 2. The van der Waals surface area contributed by atoms with E-state index >= 15 is 0 Å². The average molecular weight is 369 g/mol. The highest BCUT2D eigenvalue weighted by molar-refractivity contribution is 5.66. The van der Waals surface area contributed by atoms with E-state index in [2.05, 4.69) is 68.7 Å². The third-order valence-electron chi connectivity index (χ3n) is 5.76. The third kappa shape index (κ3) is 4.44. The van der Waals surface area contributed by atoms with Crippen molar-refractivity contribution in [2.75, 3.05) is 27.2 Å². The van der Waals surface area contributed by atoms with Crippen molar-refractivity contribution in [1.82, 2.24) is 14.7 Å². The minimum Gasteiger partial charge on any atom is -0.330 e. The Kier molecular flexibility index (Phi) is 6.07. The van der Waals surface area contributed by atoms with Gasteiger partial charge in [-0.2, -0.15) is 5.10 Å². The van der Waals surface area contributed by atoms with E-state index in [1.807, 2.05) is 0 Å². The Labute approximate surface area is 164 Å². The molecule has 0 spiro atoms. The third-order valence-corrected chi connectivity index (χ3v) is 5.76. The van der Waals surface area contributed by atoms with Crippen molar-refractivity contribution in [1.29, 1.82) is 0 Å². The molecule has 3 rings (SSSR count). The van der Waals surface area contributed by atoms with Gasteiger partial charge in [0.15, 0.2) is 0 Å². The summed E-state index contributed by atoms with van der Waals surface area (Å²) in [6.07, 6.45) is 4.65. The van der Waals surface area contributed by atoms with Crippen LogP contribution in [0.4, 0.5) is 0 Å². The predicted octanol–water partition coefficient (Wildman–Crippen LogP) is 4.18. The van der Waals surface area contributed by atoms with Crippen LogP contribution < -0.4 is 5.73 Å². The van der Waals surface area contributed by atoms with Gasteiger partial charge >= 0.3 is 0 Å². The van der Waals surface area contributed by atoms with E-state index in [1.165, 1.54) is 35.2 Å². The number of nitrogens with two attached hydrogens (primary N) is 1. The molecule has 1 aliphatic rings. The Morgan fingerprint density at radius 2 is 1.89 bits per heavy atom. The van der Waals surface area contributed by atoms with E-state index in [0.717, 1.165) is 31.6 Å². The fourth-order valence-corrected chi connectivity index (χ4v) is 4.16. The second kappa shape index (κ2) is 8.15. The summed E-state index contributed by atoms with van der Waals surface area (Å²) >= 11 is 0. The second-order valence-corrected chi connectivity index (χ2v) is 9.24. The monoisotopic (exact) mass is 368 g/mol. The fraction of sp³-hybridized carbons (Fsp3) is 0.609. The van der Waals surface area contributed by atoms with Crippen molar-refractivity contribution in [2.45, 2.75) is 64.3 Å². The topological polar surface area (TPSA) is 47.1 Å². The van der Waals surface area contributed by atoms with Gasteiger partial charge in [-0.1, -0.05) is 45.0 Å². The molecule has 0 bridgehead atoms. The SMILES string of the molecule is CN(C)CCCn1nc(-c2ccc(C(C)(C)C)cc2)c2c1CCCC2CN. The molecule has 4 nitrogen and oxygen atoms in total. The van der Waals surface area contributed by atoms with E-state index in [0.29, 0.717) is 12.5 Å². The molecule has 2 N–H and O–H groups in total. The molecule has 4 heteroatoms. The van der Waals surface area contributed by atoms with Crippen molar-refractivity contribution in [3.05, 3.63) is 41.1 Å². The van der Waals surface area contributed by atoms with Crippen molar-refractivity contribution in [2.24, 2.45) is 5.73 Å². The lowest BCUT2D eigenvalue weighted by atomic mass is 9.83. The first-order valence-electron chi connectivity index (χ1n) is 10.4. The molecule has 0 saturated carbocycles. The van der Waals surface area contributed by atoms with Gasteiger partial charge in [-0.05, 0) is 63.8 Å². The molecule has 1 aromatic carbocycles. The second-order valence-electron chi connectivity index (χ2n) is 9.24. The van der Waals surface area contributed by atoms with E-state index < -0.39 is 0 Å². The first-order chi connectivity index (χ1) is 12.8. The van der Waals surface area contributed by atoms with Gasteiger partial charge in [-0.3, -0.25) is 4.68 Å². The summed E-state index contributed by atoms with van der Waals surface area (Å²) in [4.78, 5) is 2.24. The summed E-state index contributed by atoms with van der Waals surface area (Å²) in [6, 6.07) is 9.01. The first-order valence-corrected chi connectivity index (χ1v) is 10.4. The maximum absolute atomic E-state index is 6.15. The molecule has 1 unspecified atom stereocenters. The van der Waals surface area contributed by atoms with Crippen LogP contribution >= 0.6 is 0 Å². The number of rotatable bonds is 6. The van der Waals surface area contributed by atoms with Gasteiger partial charge in [0.1, 0.15) is 0 Å². The number of hydrogen-bond acceptors (Lipinski definition) is 3. The van der Waals surface area contributed by atoms with Crippen LogP contribution in [0, 0.1) is 0 Å². The van der Waals surface area contributed by atoms with Gasteiger partial charge in [0, 0.05) is 29.3 Å². The van der Waals surface area contributed by atoms with Crippen molar-refractivity contribution < 1.29 is 0 Å². The Balaban J connectivity index is 1.97. The maximum Gasteiger partial charge on any atom is 0.0961 e. The summed E-state index contributed by atoms with van der Waals surface area (Å²) in [5, 5.41) is 5.09. The summed E-state index contributed by atoms with van der Waals surface area (Å²) in [5.74, 6) is 0.439. The number of hydrogen-bond donors (Lipinski definition) is 1. The van der Waals surface area contributed by atoms with Gasteiger partial charge < -0.3 is 10.6 Å². The quantitative estimate of drug-likeness (QED) is 0.832. The number of aryl methyl sites for hydroxylation is 1. The van der Waals surface area contributed by atoms with E-state index in [9.17, 15) is 0 Å². The van der Waals surface area contributed by atoms with Crippen molar-refractivity contribution in [3.63, 3.8) is 0 Å².